The molecule has 5 heteroatoms. The zero-order chi connectivity index (χ0) is 10.8. The van der Waals surface area contributed by atoms with Crippen molar-refractivity contribution >= 4 is 11.6 Å². The average molecular weight is 231 g/mol. The number of rotatable bonds is 2. The van der Waals surface area contributed by atoms with Crippen molar-refractivity contribution in [1.29, 1.82) is 0 Å². The summed E-state index contributed by atoms with van der Waals surface area (Å²) in [5, 5.41) is -0.101. The summed E-state index contributed by atoms with van der Waals surface area (Å²) in [5.74, 6) is 0.0264. The standard InChI is InChI=1S/C10H12ClFN2O/c1-6-9(12)10(11)14-8(13-6)5-7-3-2-4-15-7/h7H,2-5H2,1H3. The Morgan fingerprint density at radius 2 is 2.33 bits per heavy atom. The Labute approximate surface area is 92.6 Å². The van der Waals surface area contributed by atoms with Gasteiger partial charge in [0.1, 0.15) is 5.82 Å². The minimum absolute atomic E-state index is 0.101. The van der Waals surface area contributed by atoms with E-state index in [1.165, 1.54) is 0 Å². The molecule has 0 amide bonds. The lowest BCUT2D eigenvalue weighted by Gasteiger charge is -2.08. The number of halogens is 2. The molecule has 2 heterocycles. The summed E-state index contributed by atoms with van der Waals surface area (Å²) in [5.41, 5.74) is 0.294. The maximum absolute atomic E-state index is 13.1. The lowest BCUT2D eigenvalue weighted by molar-refractivity contribution is 0.110. The Hall–Kier alpha value is -0.740. The summed E-state index contributed by atoms with van der Waals surface area (Å²) in [7, 11) is 0. The van der Waals surface area contributed by atoms with Crippen molar-refractivity contribution in [2.75, 3.05) is 6.61 Å². The molecule has 0 spiro atoms. The first-order valence-electron chi connectivity index (χ1n) is 4.97. The monoisotopic (exact) mass is 230 g/mol. The SMILES string of the molecule is Cc1nc(CC2CCCO2)nc(Cl)c1F. The summed E-state index contributed by atoms with van der Waals surface area (Å²) >= 11 is 5.64. The van der Waals surface area contributed by atoms with Gasteiger partial charge >= 0.3 is 0 Å². The maximum Gasteiger partial charge on any atom is 0.181 e. The summed E-state index contributed by atoms with van der Waals surface area (Å²) < 4.78 is 18.6. The maximum atomic E-state index is 13.1. The Balaban J connectivity index is 2.14. The lowest BCUT2D eigenvalue weighted by atomic mass is 10.2. The summed E-state index contributed by atoms with van der Waals surface area (Å²) in [6, 6.07) is 0. The highest BCUT2D eigenvalue weighted by Gasteiger charge is 2.18. The van der Waals surface area contributed by atoms with Crippen LogP contribution in [0.5, 0.6) is 0 Å². The zero-order valence-corrected chi connectivity index (χ0v) is 9.22. The van der Waals surface area contributed by atoms with E-state index < -0.39 is 5.82 Å². The quantitative estimate of drug-likeness (QED) is 0.732. The van der Waals surface area contributed by atoms with Crippen LogP contribution in [-0.2, 0) is 11.2 Å². The summed E-state index contributed by atoms with van der Waals surface area (Å²) in [6.45, 7) is 2.38. The largest absolute Gasteiger partial charge is 0.378 e. The Morgan fingerprint density at radius 1 is 1.53 bits per heavy atom. The van der Waals surface area contributed by atoms with Crippen molar-refractivity contribution in [3.63, 3.8) is 0 Å². The second-order valence-electron chi connectivity index (χ2n) is 3.67. The zero-order valence-electron chi connectivity index (χ0n) is 8.46. The van der Waals surface area contributed by atoms with Crippen molar-refractivity contribution in [1.82, 2.24) is 9.97 Å². The highest BCUT2D eigenvalue weighted by molar-refractivity contribution is 6.29. The van der Waals surface area contributed by atoms with E-state index in [-0.39, 0.29) is 11.3 Å². The number of ether oxygens (including phenoxy) is 1. The van der Waals surface area contributed by atoms with Crippen molar-refractivity contribution in [3.8, 4) is 0 Å². The van der Waals surface area contributed by atoms with E-state index >= 15 is 0 Å². The van der Waals surface area contributed by atoms with Gasteiger partial charge in [0.05, 0.1) is 11.8 Å². The van der Waals surface area contributed by atoms with Crippen LogP contribution in [-0.4, -0.2) is 22.7 Å². The van der Waals surface area contributed by atoms with E-state index in [9.17, 15) is 4.39 Å². The van der Waals surface area contributed by atoms with Gasteiger partial charge in [-0.3, -0.25) is 0 Å². The van der Waals surface area contributed by atoms with Gasteiger partial charge in [-0.25, -0.2) is 14.4 Å². The predicted molar refractivity (Wildman–Crippen MR) is 54.4 cm³/mol. The summed E-state index contributed by atoms with van der Waals surface area (Å²) in [4.78, 5) is 7.94. The fraction of sp³-hybridized carbons (Fsp3) is 0.600. The highest BCUT2D eigenvalue weighted by Crippen LogP contribution is 2.18. The highest BCUT2D eigenvalue weighted by atomic mass is 35.5. The number of aromatic nitrogens is 2. The molecule has 0 aliphatic carbocycles. The number of hydrogen-bond donors (Lipinski definition) is 0. The van der Waals surface area contributed by atoms with Gasteiger partial charge in [0.2, 0.25) is 0 Å². The van der Waals surface area contributed by atoms with Crippen LogP contribution in [0.3, 0.4) is 0 Å². The minimum atomic E-state index is -0.534. The third-order valence-corrected chi connectivity index (χ3v) is 2.71. The third kappa shape index (κ3) is 2.44. The molecule has 1 atom stereocenters. The topological polar surface area (TPSA) is 35.0 Å². The van der Waals surface area contributed by atoms with Gasteiger partial charge in [0, 0.05) is 13.0 Å². The first-order chi connectivity index (χ1) is 7.16. The van der Waals surface area contributed by atoms with Crippen LogP contribution in [0.15, 0.2) is 0 Å². The van der Waals surface area contributed by atoms with Crippen LogP contribution < -0.4 is 0 Å². The summed E-state index contributed by atoms with van der Waals surface area (Å²) in [6.07, 6.45) is 2.85. The van der Waals surface area contributed by atoms with Gasteiger partial charge in [-0.1, -0.05) is 11.6 Å². The molecule has 1 aromatic rings. The van der Waals surface area contributed by atoms with Gasteiger partial charge in [-0.2, -0.15) is 0 Å². The second kappa shape index (κ2) is 4.41. The van der Waals surface area contributed by atoms with E-state index in [0.717, 1.165) is 19.4 Å². The van der Waals surface area contributed by atoms with Crippen LogP contribution in [0.4, 0.5) is 4.39 Å². The van der Waals surface area contributed by atoms with Crippen LogP contribution in [0, 0.1) is 12.7 Å². The molecule has 0 N–H and O–H groups in total. The van der Waals surface area contributed by atoms with Crippen LogP contribution >= 0.6 is 11.6 Å². The molecule has 1 fully saturated rings. The lowest BCUT2D eigenvalue weighted by Crippen LogP contribution is -2.13. The Kier molecular flexibility index (Phi) is 3.17. The third-order valence-electron chi connectivity index (χ3n) is 2.46. The van der Waals surface area contributed by atoms with Crippen molar-refractivity contribution in [3.05, 3.63) is 22.5 Å². The molecule has 2 rings (SSSR count). The predicted octanol–water partition coefficient (Wildman–Crippen LogP) is 2.30. The average Bonchev–Trinajstić information content (AvgIpc) is 2.66. The van der Waals surface area contributed by atoms with Crippen LogP contribution in [0.25, 0.3) is 0 Å². The first kappa shape index (κ1) is 10.8. The fourth-order valence-electron chi connectivity index (χ4n) is 1.68. The van der Waals surface area contributed by atoms with Crippen molar-refractivity contribution in [2.24, 2.45) is 0 Å². The molecular formula is C10H12ClFN2O. The van der Waals surface area contributed by atoms with Crippen molar-refractivity contribution in [2.45, 2.75) is 32.3 Å². The minimum Gasteiger partial charge on any atom is -0.378 e. The molecule has 0 aromatic carbocycles. The normalized spacial score (nSPS) is 20.9. The first-order valence-corrected chi connectivity index (χ1v) is 5.34. The Bertz CT molecular complexity index is 343. The van der Waals surface area contributed by atoms with Gasteiger partial charge < -0.3 is 4.74 Å². The molecule has 0 saturated carbocycles. The molecule has 82 valence electrons. The number of hydrogen-bond acceptors (Lipinski definition) is 3. The van der Waals surface area contributed by atoms with Crippen LogP contribution in [0.2, 0.25) is 5.15 Å². The smallest absolute Gasteiger partial charge is 0.181 e. The molecule has 3 nitrogen and oxygen atoms in total. The number of nitrogens with zero attached hydrogens (tertiary/aromatic N) is 2. The molecule has 1 aromatic heterocycles. The fourth-order valence-corrected chi connectivity index (χ4v) is 1.91. The molecule has 15 heavy (non-hydrogen) atoms. The van der Waals surface area contributed by atoms with E-state index in [0.29, 0.717) is 17.9 Å². The van der Waals surface area contributed by atoms with Gasteiger partial charge in [0.25, 0.3) is 0 Å². The van der Waals surface area contributed by atoms with E-state index in [1.54, 1.807) is 6.92 Å². The van der Waals surface area contributed by atoms with E-state index in [1.807, 2.05) is 0 Å². The molecule has 1 aliphatic heterocycles. The molecule has 1 saturated heterocycles. The molecule has 1 aliphatic rings. The van der Waals surface area contributed by atoms with E-state index in [4.69, 9.17) is 16.3 Å². The second-order valence-corrected chi connectivity index (χ2v) is 4.03. The van der Waals surface area contributed by atoms with Gasteiger partial charge in [0.15, 0.2) is 11.0 Å². The Morgan fingerprint density at radius 3 is 2.93 bits per heavy atom. The molecule has 0 bridgehead atoms. The van der Waals surface area contributed by atoms with Crippen LogP contribution in [0.1, 0.15) is 24.4 Å². The van der Waals surface area contributed by atoms with Gasteiger partial charge in [-0.15, -0.1) is 0 Å². The van der Waals surface area contributed by atoms with E-state index in [2.05, 4.69) is 9.97 Å². The molecule has 0 radical (unpaired) electrons. The molecular weight excluding hydrogens is 219 g/mol. The van der Waals surface area contributed by atoms with Gasteiger partial charge in [-0.05, 0) is 19.8 Å². The number of aryl methyl sites for hydroxylation is 1. The molecule has 1 unspecified atom stereocenters. The van der Waals surface area contributed by atoms with Crippen molar-refractivity contribution < 1.29 is 9.13 Å².